The average Bonchev–Trinajstić information content (AvgIpc) is 3.18. The van der Waals surface area contributed by atoms with Gasteiger partial charge in [0.2, 0.25) is 5.91 Å². The number of aromatic nitrogens is 1. The SMILES string of the molecule is Cc1ccc(C)c(Cn2cc(CCC(=O)NC3CCCc4ccccc43)c3ccccc32)c1. The molecule has 4 aromatic rings. The van der Waals surface area contributed by atoms with Gasteiger partial charge in [0.25, 0.3) is 0 Å². The number of benzene rings is 3. The van der Waals surface area contributed by atoms with Crippen LogP contribution in [-0.2, 0) is 24.2 Å². The van der Waals surface area contributed by atoms with Crippen LogP contribution in [0, 0.1) is 13.8 Å². The summed E-state index contributed by atoms with van der Waals surface area (Å²) >= 11 is 0. The molecule has 1 atom stereocenters. The molecule has 1 aliphatic carbocycles. The molecule has 0 saturated carbocycles. The van der Waals surface area contributed by atoms with Crippen molar-refractivity contribution in [1.29, 1.82) is 0 Å². The fourth-order valence-electron chi connectivity index (χ4n) is 5.23. The highest BCUT2D eigenvalue weighted by molar-refractivity contribution is 5.85. The minimum absolute atomic E-state index is 0.142. The van der Waals surface area contributed by atoms with E-state index in [4.69, 9.17) is 0 Å². The third-order valence-corrected chi connectivity index (χ3v) is 7.04. The first-order chi connectivity index (χ1) is 16.1. The van der Waals surface area contributed by atoms with Gasteiger partial charge in [-0.05, 0) is 73.4 Å². The highest BCUT2D eigenvalue weighted by Gasteiger charge is 2.21. The number of rotatable bonds is 6. The summed E-state index contributed by atoms with van der Waals surface area (Å²) in [6, 6.07) is 23.9. The summed E-state index contributed by atoms with van der Waals surface area (Å²) in [4.78, 5) is 12.9. The number of hydrogen-bond acceptors (Lipinski definition) is 1. The van der Waals surface area contributed by atoms with Crippen LogP contribution in [0.3, 0.4) is 0 Å². The lowest BCUT2D eigenvalue weighted by Gasteiger charge is -2.26. The summed E-state index contributed by atoms with van der Waals surface area (Å²) in [5.74, 6) is 0.142. The van der Waals surface area contributed by atoms with Crippen molar-refractivity contribution in [2.75, 3.05) is 0 Å². The second kappa shape index (κ2) is 9.27. The smallest absolute Gasteiger partial charge is 0.220 e. The molecular formula is C30H32N2O. The van der Waals surface area contributed by atoms with E-state index in [1.54, 1.807) is 0 Å². The normalized spacial score (nSPS) is 15.4. The summed E-state index contributed by atoms with van der Waals surface area (Å²) < 4.78 is 2.34. The summed E-state index contributed by atoms with van der Waals surface area (Å²) in [6.45, 7) is 5.17. The molecule has 0 saturated heterocycles. The number of hydrogen-bond donors (Lipinski definition) is 1. The maximum Gasteiger partial charge on any atom is 0.220 e. The predicted molar refractivity (Wildman–Crippen MR) is 136 cm³/mol. The van der Waals surface area contributed by atoms with Crippen molar-refractivity contribution in [2.24, 2.45) is 0 Å². The number of amides is 1. The molecule has 33 heavy (non-hydrogen) atoms. The van der Waals surface area contributed by atoms with Gasteiger partial charge < -0.3 is 9.88 Å². The van der Waals surface area contributed by atoms with Crippen molar-refractivity contribution in [2.45, 2.75) is 58.5 Å². The van der Waals surface area contributed by atoms with Gasteiger partial charge in [0.15, 0.2) is 0 Å². The Bertz CT molecular complexity index is 1300. The van der Waals surface area contributed by atoms with Gasteiger partial charge in [0.1, 0.15) is 0 Å². The zero-order valence-corrected chi connectivity index (χ0v) is 19.6. The molecule has 5 rings (SSSR count). The maximum absolute atomic E-state index is 12.9. The minimum atomic E-state index is 0.142. The molecule has 1 aromatic heterocycles. The molecule has 0 bridgehead atoms. The highest BCUT2D eigenvalue weighted by atomic mass is 16.1. The Morgan fingerprint density at radius 2 is 1.82 bits per heavy atom. The maximum atomic E-state index is 12.9. The summed E-state index contributed by atoms with van der Waals surface area (Å²) in [7, 11) is 0. The fourth-order valence-corrected chi connectivity index (χ4v) is 5.23. The van der Waals surface area contributed by atoms with E-state index >= 15 is 0 Å². The standard InChI is InChI=1S/C30H32N2O/c1-21-14-15-22(2)25(18-21)20-32-19-24(27-11-5-6-13-29(27)32)16-17-30(33)31-28-12-7-9-23-8-3-4-10-26(23)28/h3-6,8,10-11,13-15,18-19,28H,7,9,12,16-17,20H2,1-2H3,(H,31,33). The molecule has 0 spiro atoms. The first-order valence-corrected chi connectivity index (χ1v) is 12.1. The first kappa shape index (κ1) is 21.5. The number of carbonyl (C=O) groups excluding carboxylic acids is 1. The molecule has 3 nitrogen and oxygen atoms in total. The van der Waals surface area contributed by atoms with Crippen LogP contribution in [0.25, 0.3) is 10.9 Å². The average molecular weight is 437 g/mol. The lowest BCUT2D eigenvalue weighted by molar-refractivity contribution is -0.121. The number of fused-ring (bicyclic) bond motifs is 2. The minimum Gasteiger partial charge on any atom is -0.349 e. The number of para-hydroxylation sites is 1. The molecule has 0 fully saturated rings. The Kier molecular flexibility index (Phi) is 6.04. The van der Waals surface area contributed by atoms with Gasteiger partial charge in [0.05, 0.1) is 6.04 Å². The molecule has 3 aromatic carbocycles. The predicted octanol–water partition coefficient (Wildman–Crippen LogP) is 6.43. The van der Waals surface area contributed by atoms with Crippen molar-refractivity contribution < 1.29 is 4.79 Å². The van der Waals surface area contributed by atoms with E-state index in [2.05, 4.69) is 96.7 Å². The van der Waals surface area contributed by atoms with Gasteiger partial charge in [-0.1, -0.05) is 66.2 Å². The molecular weight excluding hydrogens is 404 g/mol. The third-order valence-electron chi connectivity index (χ3n) is 7.04. The molecule has 0 radical (unpaired) electrons. The van der Waals surface area contributed by atoms with Crippen molar-refractivity contribution in [3.8, 4) is 0 Å². The number of nitrogens with zero attached hydrogens (tertiary/aromatic N) is 1. The van der Waals surface area contributed by atoms with Crippen LogP contribution in [0.1, 0.15) is 58.7 Å². The van der Waals surface area contributed by atoms with Crippen LogP contribution < -0.4 is 5.32 Å². The Hall–Kier alpha value is -3.33. The zero-order valence-electron chi connectivity index (χ0n) is 19.6. The van der Waals surface area contributed by atoms with Crippen molar-refractivity contribution in [1.82, 2.24) is 9.88 Å². The van der Waals surface area contributed by atoms with Crippen LogP contribution in [0.2, 0.25) is 0 Å². The summed E-state index contributed by atoms with van der Waals surface area (Å²) in [5.41, 5.74) is 9.09. The number of carbonyl (C=O) groups is 1. The number of aryl methyl sites for hydroxylation is 4. The van der Waals surface area contributed by atoms with Crippen LogP contribution in [-0.4, -0.2) is 10.5 Å². The summed E-state index contributed by atoms with van der Waals surface area (Å²) in [6.07, 6.45) is 6.78. The monoisotopic (exact) mass is 436 g/mol. The van der Waals surface area contributed by atoms with Crippen LogP contribution >= 0.6 is 0 Å². The second-order valence-corrected chi connectivity index (χ2v) is 9.44. The van der Waals surface area contributed by atoms with Gasteiger partial charge in [0, 0.05) is 30.1 Å². The quantitative estimate of drug-likeness (QED) is 0.371. The Balaban J connectivity index is 1.32. The van der Waals surface area contributed by atoms with Gasteiger partial charge in [-0.2, -0.15) is 0 Å². The highest BCUT2D eigenvalue weighted by Crippen LogP contribution is 2.30. The van der Waals surface area contributed by atoms with Crippen molar-refractivity contribution in [3.63, 3.8) is 0 Å². The van der Waals surface area contributed by atoms with Crippen LogP contribution in [0.5, 0.6) is 0 Å². The van der Waals surface area contributed by atoms with Crippen molar-refractivity contribution >= 4 is 16.8 Å². The van der Waals surface area contributed by atoms with E-state index in [9.17, 15) is 4.79 Å². The second-order valence-electron chi connectivity index (χ2n) is 9.44. The largest absolute Gasteiger partial charge is 0.349 e. The Morgan fingerprint density at radius 3 is 2.73 bits per heavy atom. The number of nitrogens with one attached hydrogen (secondary N) is 1. The van der Waals surface area contributed by atoms with E-state index < -0.39 is 0 Å². The molecule has 1 unspecified atom stereocenters. The van der Waals surface area contributed by atoms with Crippen LogP contribution in [0.4, 0.5) is 0 Å². The third kappa shape index (κ3) is 4.59. The molecule has 1 N–H and O–H groups in total. The van der Waals surface area contributed by atoms with E-state index in [1.165, 1.54) is 44.3 Å². The van der Waals surface area contributed by atoms with E-state index in [0.29, 0.717) is 6.42 Å². The van der Waals surface area contributed by atoms with E-state index in [1.807, 2.05) is 0 Å². The molecule has 1 amide bonds. The molecule has 1 heterocycles. The lowest BCUT2D eigenvalue weighted by atomic mass is 9.87. The van der Waals surface area contributed by atoms with E-state index in [-0.39, 0.29) is 11.9 Å². The van der Waals surface area contributed by atoms with Gasteiger partial charge in [-0.25, -0.2) is 0 Å². The molecule has 0 aliphatic heterocycles. The molecule has 3 heteroatoms. The van der Waals surface area contributed by atoms with Gasteiger partial charge in [-0.3, -0.25) is 4.79 Å². The molecule has 168 valence electrons. The van der Waals surface area contributed by atoms with Gasteiger partial charge in [-0.15, -0.1) is 0 Å². The Morgan fingerprint density at radius 1 is 1.00 bits per heavy atom. The Labute approximate surface area is 196 Å². The first-order valence-electron chi connectivity index (χ1n) is 12.1. The van der Waals surface area contributed by atoms with Crippen molar-refractivity contribution in [3.05, 3.63) is 106 Å². The lowest BCUT2D eigenvalue weighted by Crippen LogP contribution is -2.31. The topological polar surface area (TPSA) is 34.0 Å². The summed E-state index contributed by atoms with van der Waals surface area (Å²) in [5, 5.41) is 4.56. The van der Waals surface area contributed by atoms with E-state index in [0.717, 1.165) is 32.2 Å². The van der Waals surface area contributed by atoms with Gasteiger partial charge >= 0.3 is 0 Å². The fraction of sp³-hybridized carbons (Fsp3) is 0.300. The zero-order chi connectivity index (χ0) is 22.8. The van der Waals surface area contributed by atoms with Crippen LogP contribution in [0.15, 0.2) is 72.9 Å². The molecule has 1 aliphatic rings.